The van der Waals surface area contributed by atoms with Crippen LogP contribution >= 0.6 is 11.6 Å². The third-order valence-electron chi connectivity index (χ3n) is 6.60. The van der Waals surface area contributed by atoms with Crippen molar-refractivity contribution in [1.82, 2.24) is 24.5 Å². The number of para-hydroxylation sites is 1. The minimum Gasteiger partial charge on any atom is -0.465 e. The van der Waals surface area contributed by atoms with Gasteiger partial charge in [0.2, 0.25) is 17.5 Å². The third kappa shape index (κ3) is 3.55. The summed E-state index contributed by atoms with van der Waals surface area (Å²) in [5, 5.41) is 13.3. The fraction of sp³-hybridized carbons (Fsp3) is 0.304. The van der Waals surface area contributed by atoms with E-state index < -0.39 is 5.66 Å². The average Bonchev–Trinajstić information content (AvgIpc) is 3.56. The van der Waals surface area contributed by atoms with Gasteiger partial charge in [-0.3, -0.25) is 15.7 Å². The quantitative estimate of drug-likeness (QED) is 0.322. The van der Waals surface area contributed by atoms with Crippen molar-refractivity contribution in [3.05, 3.63) is 70.8 Å². The molecular weight excluding hydrogens is 454 g/mol. The summed E-state index contributed by atoms with van der Waals surface area (Å²) in [6.07, 6.45) is 4.41. The monoisotopic (exact) mass is 477 g/mol. The third-order valence-corrected chi connectivity index (χ3v) is 6.93. The number of nitrogens with one attached hydrogen (secondary N) is 3. The van der Waals surface area contributed by atoms with E-state index in [9.17, 15) is 0 Å². The molecule has 1 saturated heterocycles. The van der Waals surface area contributed by atoms with Crippen molar-refractivity contribution in [2.75, 3.05) is 23.0 Å². The lowest BCUT2D eigenvalue weighted by Gasteiger charge is -2.34. The Morgan fingerprint density at radius 3 is 2.94 bits per heavy atom. The predicted octanol–water partition coefficient (Wildman–Crippen LogP) is 3.01. The highest BCUT2D eigenvalue weighted by Gasteiger charge is 2.45. The molecule has 34 heavy (non-hydrogen) atoms. The van der Waals surface area contributed by atoms with Crippen molar-refractivity contribution < 1.29 is 4.42 Å². The molecule has 6 rings (SSSR count). The van der Waals surface area contributed by atoms with Gasteiger partial charge in [0.1, 0.15) is 5.15 Å². The Labute approximate surface area is 200 Å². The van der Waals surface area contributed by atoms with Gasteiger partial charge in [-0.05, 0) is 43.7 Å². The van der Waals surface area contributed by atoms with E-state index in [1.165, 1.54) is 4.68 Å². The first kappa shape index (κ1) is 20.9. The highest BCUT2D eigenvalue weighted by atomic mass is 35.5. The SMILES string of the molecule is N=c1nc(N)nc2n1NC(CC1CCCN1Cc1cc3ccccc3nc1Cl)(c1ccco1)N2. The van der Waals surface area contributed by atoms with Crippen LogP contribution in [0.25, 0.3) is 10.9 Å². The smallest absolute Gasteiger partial charge is 0.247 e. The van der Waals surface area contributed by atoms with Crippen LogP contribution in [-0.4, -0.2) is 37.1 Å². The number of nitrogens with two attached hydrogens (primary N) is 1. The molecule has 174 valence electrons. The molecule has 3 aromatic heterocycles. The first-order valence-corrected chi connectivity index (χ1v) is 11.6. The van der Waals surface area contributed by atoms with Gasteiger partial charge in [0.25, 0.3) is 0 Å². The first-order valence-electron chi connectivity index (χ1n) is 11.2. The molecule has 1 fully saturated rings. The maximum atomic E-state index is 8.22. The van der Waals surface area contributed by atoms with Crippen molar-refractivity contribution in [1.29, 1.82) is 5.41 Å². The van der Waals surface area contributed by atoms with Gasteiger partial charge in [-0.1, -0.05) is 29.8 Å². The summed E-state index contributed by atoms with van der Waals surface area (Å²) in [6, 6.07) is 14.1. The van der Waals surface area contributed by atoms with Crippen molar-refractivity contribution in [3.8, 4) is 0 Å². The zero-order valence-corrected chi connectivity index (χ0v) is 19.1. The second-order valence-electron chi connectivity index (χ2n) is 8.79. The van der Waals surface area contributed by atoms with Crippen LogP contribution in [0.15, 0.2) is 53.1 Å². The van der Waals surface area contributed by atoms with E-state index in [1.54, 1.807) is 6.26 Å². The van der Waals surface area contributed by atoms with Crippen LogP contribution in [0.1, 0.15) is 30.6 Å². The Bertz CT molecular complexity index is 1420. The number of benzene rings is 1. The lowest BCUT2D eigenvalue weighted by molar-refractivity contribution is 0.200. The Balaban J connectivity index is 1.30. The number of furan rings is 1. The number of aromatic nitrogens is 4. The standard InChI is InChI=1S/C23H24ClN9O/c24-19-15(11-14-5-1-2-7-17(14)27-19)13-32-9-3-6-16(32)12-23(18-8-4-10-34-18)30-22-29-20(25)28-21(26)33(22)31-23/h1-2,4-5,7-8,10-11,16,31H,3,6,9,12-13H2,(H4,25,26,28,29,30). The van der Waals surface area contributed by atoms with Gasteiger partial charge in [0, 0.05) is 30.0 Å². The van der Waals surface area contributed by atoms with Gasteiger partial charge in [0.15, 0.2) is 11.4 Å². The molecule has 4 aromatic rings. The van der Waals surface area contributed by atoms with Crippen LogP contribution in [0.3, 0.4) is 0 Å². The Hall–Kier alpha value is -3.63. The number of fused-ring (bicyclic) bond motifs is 2. The fourth-order valence-corrected chi connectivity index (χ4v) is 5.24. The van der Waals surface area contributed by atoms with Gasteiger partial charge >= 0.3 is 0 Å². The second-order valence-corrected chi connectivity index (χ2v) is 9.14. The van der Waals surface area contributed by atoms with Gasteiger partial charge in [-0.2, -0.15) is 14.6 Å². The minimum atomic E-state index is -0.798. The van der Waals surface area contributed by atoms with E-state index in [0.29, 0.717) is 29.8 Å². The van der Waals surface area contributed by atoms with E-state index in [2.05, 4.69) is 42.7 Å². The average molecular weight is 478 g/mol. The normalized spacial score (nSPS) is 22.0. The van der Waals surface area contributed by atoms with Gasteiger partial charge in [-0.15, -0.1) is 0 Å². The van der Waals surface area contributed by atoms with E-state index >= 15 is 0 Å². The van der Waals surface area contributed by atoms with Crippen LogP contribution in [0.2, 0.25) is 5.15 Å². The zero-order valence-electron chi connectivity index (χ0n) is 18.3. The maximum Gasteiger partial charge on any atom is 0.247 e. The summed E-state index contributed by atoms with van der Waals surface area (Å²) in [6.45, 7) is 1.66. The van der Waals surface area contributed by atoms with Crippen molar-refractivity contribution in [2.24, 2.45) is 0 Å². The van der Waals surface area contributed by atoms with Crippen LogP contribution in [0.4, 0.5) is 11.9 Å². The fourth-order valence-electron chi connectivity index (χ4n) is 5.03. The molecule has 0 saturated carbocycles. The largest absolute Gasteiger partial charge is 0.465 e. The van der Waals surface area contributed by atoms with Gasteiger partial charge in [-0.25, -0.2) is 4.98 Å². The number of pyridine rings is 1. The van der Waals surface area contributed by atoms with E-state index in [1.807, 2.05) is 30.3 Å². The second kappa shape index (κ2) is 8.00. The molecule has 0 bridgehead atoms. The molecule has 11 heteroatoms. The molecule has 0 spiro atoms. The number of rotatable bonds is 5. The van der Waals surface area contributed by atoms with Crippen LogP contribution in [-0.2, 0) is 12.2 Å². The minimum absolute atomic E-state index is 0.0271. The lowest BCUT2D eigenvalue weighted by atomic mass is 9.96. The lowest BCUT2D eigenvalue weighted by Crippen LogP contribution is -2.47. The van der Waals surface area contributed by atoms with Crippen LogP contribution in [0, 0.1) is 5.41 Å². The Morgan fingerprint density at radius 1 is 1.21 bits per heavy atom. The van der Waals surface area contributed by atoms with Crippen molar-refractivity contribution >= 4 is 34.4 Å². The van der Waals surface area contributed by atoms with Crippen molar-refractivity contribution in [3.63, 3.8) is 0 Å². The molecule has 5 N–H and O–H groups in total. The molecule has 2 unspecified atom stereocenters. The van der Waals surface area contributed by atoms with Crippen LogP contribution in [0.5, 0.6) is 0 Å². The molecule has 1 aromatic carbocycles. The summed E-state index contributed by atoms with van der Waals surface area (Å²) in [5.74, 6) is 1.18. The van der Waals surface area contributed by atoms with Gasteiger partial charge < -0.3 is 15.5 Å². The molecular formula is C23H24ClN9O. The summed E-state index contributed by atoms with van der Waals surface area (Å²) >= 11 is 6.57. The molecule has 5 heterocycles. The Kier molecular flexibility index (Phi) is 4.93. The van der Waals surface area contributed by atoms with E-state index in [4.69, 9.17) is 27.2 Å². The van der Waals surface area contributed by atoms with Gasteiger partial charge in [0.05, 0.1) is 11.8 Å². The summed E-state index contributed by atoms with van der Waals surface area (Å²) < 4.78 is 7.33. The van der Waals surface area contributed by atoms with Crippen molar-refractivity contribution in [2.45, 2.75) is 37.5 Å². The number of hydrogen-bond donors (Lipinski definition) is 4. The molecule has 2 aliphatic rings. The topological polar surface area (TPSA) is 134 Å². The number of nitrogen functional groups attached to an aromatic ring is 1. The molecule has 0 aliphatic carbocycles. The predicted molar refractivity (Wildman–Crippen MR) is 128 cm³/mol. The number of likely N-dealkylation sites (tertiary alicyclic amines) is 1. The van der Waals surface area contributed by atoms with E-state index in [0.717, 1.165) is 35.9 Å². The Morgan fingerprint density at radius 2 is 2.09 bits per heavy atom. The highest BCUT2D eigenvalue weighted by molar-refractivity contribution is 6.30. The molecule has 2 aliphatic heterocycles. The molecule has 0 amide bonds. The number of nitrogens with zero attached hydrogens (tertiary/aromatic N) is 5. The highest BCUT2D eigenvalue weighted by Crippen LogP contribution is 2.38. The zero-order chi connectivity index (χ0) is 23.3. The summed E-state index contributed by atoms with van der Waals surface area (Å²) in [4.78, 5) is 15.3. The number of halogens is 1. The summed E-state index contributed by atoms with van der Waals surface area (Å²) in [7, 11) is 0. The maximum absolute atomic E-state index is 8.22. The molecule has 2 atom stereocenters. The molecule has 10 nitrogen and oxygen atoms in total. The van der Waals surface area contributed by atoms with Crippen LogP contribution < -0.4 is 22.1 Å². The molecule has 0 radical (unpaired) electrons. The number of hydrogen-bond acceptors (Lipinski definition) is 9. The van der Waals surface area contributed by atoms with E-state index in [-0.39, 0.29) is 17.6 Å². The summed E-state index contributed by atoms with van der Waals surface area (Å²) in [5.41, 5.74) is 10.2. The first-order chi connectivity index (χ1) is 16.5. The number of anilines is 2.